The normalized spacial score (nSPS) is 28.9. The van der Waals surface area contributed by atoms with E-state index in [1.165, 1.54) is 5.56 Å². The predicted molar refractivity (Wildman–Crippen MR) is 67.9 cm³/mol. The standard InChI is InChI=1S/C15H20O2/c1-2-11-8-9-13(15(16)17)14(10-11)12-6-4-3-5-7-12/h3-7,11,13-14H,2,8-10H2,1H3,(H,16,17). The van der Waals surface area contributed by atoms with Crippen molar-refractivity contribution >= 4 is 5.97 Å². The summed E-state index contributed by atoms with van der Waals surface area (Å²) in [5.74, 6) is 0.0665. The van der Waals surface area contributed by atoms with Crippen LogP contribution in [-0.2, 0) is 4.79 Å². The molecule has 0 radical (unpaired) electrons. The van der Waals surface area contributed by atoms with E-state index >= 15 is 0 Å². The largest absolute Gasteiger partial charge is 0.481 e. The van der Waals surface area contributed by atoms with Gasteiger partial charge in [-0.2, -0.15) is 0 Å². The Morgan fingerprint density at radius 1 is 1.29 bits per heavy atom. The molecule has 1 aromatic carbocycles. The van der Waals surface area contributed by atoms with E-state index in [2.05, 4.69) is 19.1 Å². The van der Waals surface area contributed by atoms with Gasteiger partial charge in [0.2, 0.25) is 0 Å². The summed E-state index contributed by atoms with van der Waals surface area (Å²) in [4.78, 5) is 11.3. The molecule has 1 fully saturated rings. The van der Waals surface area contributed by atoms with E-state index in [1.807, 2.05) is 18.2 Å². The molecule has 17 heavy (non-hydrogen) atoms. The van der Waals surface area contributed by atoms with Crippen LogP contribution in [0.2, 0.25) is 0 Å². The van der Waals surface area contributed by atoms with E-state index in [0.29, 0.717) is 5.92 Å². The monoisotopic (exact) mass is 232 g/mol. The fourth-order valence-corrected chi connectivity index (χ4v) is 2.99. The first-order chi connectivity index (χ1) is 8.22. The van der Waals surface area contributed by atoms with Crippen molar-refractivity contribution in [1.29, 1.82) is 0 Å². The zero-order valence-electron chi connectivity index (χ0n) is 10.3. The number of hydrogen-bond donors (Lipinski definition) is 1. The first kappa shape index (κ1) is 12.2. The molecule has 1 aliphatic rings. The van der Waals surface area contributed by atoms with E-state index < -0.39 is 5.97 Å². The molecule has 0 aliphatic heterocycles. The Bertz CT molecular complexity index is 372. The molecule has 0 saturated heterocycles. The number of hydrogen-bond acceptors (Lipinski definition) is 1. The molecule has 0 amide bonds. The van der Waals surface area contributed by atoms with Crippen LogP contribution in [0.1, 0.15) is 44.1 Å². The summed E-state index contributed by atoms with van der Waals surface area (Å²) in [6.45, 7) is 2.20. The highest BCUT2D eigenvalue weighted by molar-refractivity contribution is 5.71. The first-order valence-electron chi connectivity index (χ1n) is 6.50. The molecule has 0 heterocycles. The lowest BCUT2D eigenvalue weighted by molar-refractivity contribution is -0.143. The van der Waals surface area contributed by atoms with Crippen LogP contribution >= 0.6 is 0 Å². The highest BCUT2D eigenvalue weighted by Crippen LogP contribution is 2.41. The lowest BCUT2D eigenvalue weighted by atomic mass is 9.70. The van der Waals surface area contributed by atoms with Gasteiger partial charge in [0, 0.05) is 0 Å². The molecular formula is C15H20O2. The van der Waals surface area contributed by atoms with Crippen molar-refractivity contribution in [3.63, 3.8) is 0 Å². The molecule has 92 valence electrons. The SMILES string of the molecule is CCC1CCC(C(=O)O)C(c2ccccc2)C1. The average Bonchev–Trinajstić information content (AvgIpc) is 2.39. The van der Waals surface area contributed by atoms with Crippen LogP contribution in [0.4, 0.5) is 0 Å². The number of rotatable bonds is 3. The molecule has 1 aromatic rings. The van der Waals surface area contributed by atoms with Crippen LogP contribution in [0.3, 0.4) is 0 Å². The van der Waals surface area contributed by atoms with E-state index in [4.69, 9.17) is 0 Å². The minimum Gasteiger partial charge on any atom is -0.481 e. The van der Waals surface area contributed by atoms with Crippen LogP contribution in [0.15, 0.2) is 30.3 Å². The summed E-state index contributed by atoms with van der Waals surface area (Å²) in [7, 11) is 0. The molecule has 2 rings (SSSR count). The second-order valence-corrected chi connectivity index (χ2v) is 5.05. The quantitative estimate of drug-likeness (QED) is 0.863. The van der Waals surface area contributed by atoms with Gasteiger partial charge in [0.05, 0.1) is 5.92 Å². The molecule has 0 aromatic heterocycles. The third-order valence-corrected chi connectivity index (χ3v) is 4.08. The minimum atomic E-state index is -0.631. The molecule has 0 spiro atoms. The van der Waals surface area contributed by atoms with Crippen molar-refractivity contribution in [1.82, 2.24) is 0 Å². The average molecular weight is 232 g/mol. The van der Waals surface area contributed by atoms with Gasteiger partial charge in [-0.15, -0.1) is 0 Å². The van der Waals surface area contributed by atoms with E-state index in [0.717, 1.165) is 25.7 Å². The van der Waals surface area contributed by atoms with Gasteiger partial charge in [-0.25, -0.2) is 0 Å². The lowest BCUT2D eigenvalue weighted by Crippen LogP contribution is -2.29. The molecule has 2 nitrogen and oxygen atoms in total. The summed E-state index contributed by atoms with van der Waals surface area (Å²) in [5, 5.41) is 9.33. The highest BCUT2D eigenvalue weighted by atomic mass is 16.4. The molecule has 3 atom stereocenters. The topological polar surface area (TPSA) is 37.3 Å². The van der Waals surface area contributed by atoms with Crippen molar-refractivity contribution in [2.45, 2.75) is 38.5 Å². The smallest absolute Gasteiger partial charge is 0.307 e. The Morgan fingerprint density at radius 2 is 2.00 bits per heavy atom. The third-order valence-electron chi connectivity index (χ3n) is 4.08. The van der Waals surface area contributed by atoms with E-state index in [-0.39, 0.29) is 11.8 Å². The third kappa shape index (κ3) is 2.68. The summed E-state index contributed by atoms with van der Waals surface area (Å²) < 4.78 is 0. The zero-order valence-corrected chi connectivity index (χ0v) is 10.3. The Labute approximate surface area is 103 Å². The summed E-state index contributed by atoms with van der Waals surface area (Å²) in [5.41, 5.74) is 1.19. The van der Waals surface area contributed by atoms with Crippen LogP contribution in [0, 0.1) is 11.8 Å². The van der Waals surface area contributed by atoms with Crippen molar-refractivity contribution in [2.75, 3.05) is 0 Å². The molecule has 1 aliphatic carbocycles. The number of carboxylic acids is 1. The number of aliphatic carboxylic acids is 1. The second-order valence-electron chi connectivity index (χ2n) is 5.05. The van der Waals surface area contributed by atoms with Gasteiger partial charge in [0.15, 0.2) is 0 Å². The van der Waals surface area contributed by atoms with Gasteiger partial charge in [-0.3, -0.25) is 4.79 Å². The Balaban J connectivity index is 2.22. The van der Waals surface area contributed by atoms with E-state index in [9.17, 15) is 9.90 Å². The minimum absolute atomic E-state index is 0.194. The number of carbonyl (C=O) groups is 1. The Hall–Kier alpha value is -1.31. The van der Waals surface area contributed by atoms with Crippen molar-refractivity contribution in [2.24, 2.45) is 11.8 Å². The zero-order chi connectivity index (χ0) is 12.3. The predicted octanol–water partition coefficient (Wildman–Crippen LogP) is 3.68. The molecule has 0 bridgehead atoms. The van der Waals surface area contributed by atoms with Gasteiger partial charge in [0.1, 0.15) is 0 Å². The molecule has 1 saturated carbocycles. The highest BCUT2D eigenvalue weighted by Gasteiger charge is 2.35. The van der Waals surface area contributed by atoms with Crippen LogP contribution in [-0.4, -0.2) is 11.1 Å². The second kappa shape index (κ2) is 5.35. The summed E-state index contributed by atoms with van der Waals surface area (Å²) in [6, 6.07) is 10.1. The molecule has 3 unspecified atom stereocenters. The van der Waals surface area contributed by atoms with Gasteiger partial charge in [-0.05, 0) is 36.7 Å². The first-order valence-corrected chi connectivity index (χ1v) is 6.50. The van der Waals surface area contributed by atoms with Crippen LogP contribution in [0.5, 0.6) is 0 Å². The maximum Gasteiger partial charge on any atom is 0.307 e. The van der Waals surface area contributed by atoms with Gasteiger partial charge in [-0.1, -0.05) is 43.7 Å². The van der Waals surface area contributed by atoms with Crippen molar-refractivity contribution < 1.29 is 9.90 Å². The van der Waals surface area contributed by atoms with E-state index in [1.54, 1.807) is 0 Å². The Morgan fingerprint density at radius 3 is 2.59 bits per heavy atom. The number of carboxylic acid groups (broad SMARTS) is 1. The van der Waals surface area contributed by atoms with Crippen LogP contribution in [0.25, 0.3) is 0 Å². The summed E-state index contributed by atoms with van der Waals surface area (Å²) in [6.07, 6.45) is 4.08. The Kier molecular flexibility index (Phi) is 3.82. The van der Waals surface area contributed by atoms with Gasteiger partial charge < -0.3 is 5.11 Å². The maximum atomic E-state index is 11.3. The summed E-state index contributed by atoms with van der Waals surface area (Å²) >= 11 is 0. The van der Waals surface area contributed by atoms with Gasteiger partial charge >= 0.3 is 5.97 Å². The van der Waals surface area contributed by atoms with Crippen LogP contribution < -0.4 is 0 Å². The fraction of sp³-hybridized carbons (Fsp3) is 0.533. The van der Waals surface area contributed by atoms with Crippen molar-refractivity contribution in [3.05, 3.63) is 35.9 Å². The fourth-order valence-electron chi connectivity index (χ4n) is 2.99. The van der Waals surface area contributed by atoms with Gasteiger partial charge in [0.25, 0.3) is 0 Å². The lowest BCUT2D eigenvalue weighted by Gasteiger charge is -2.33. The molecule has 2 heteroatoms. The maximum absolute atomic E-state index is 11.3. The van der Waals surface area contributed by atoms with Crippen molar-refractivity contribution in [3.8, 4) is 0 Å². The molecular weight excluding hydrogens is 212 g/mol. The number of benzene rings is 1. The molecule has 1 N–H and O–H groups in total.